The van der Waals surface area contributed by atoms with Crippen LogP contribution in [0.15, 0.2) is 54.7 Å². The van der Waals surface area contributed by atoms with E-state index in [1.807, 2.05) is 60.8 Å². The summed E-state index contributed by atoms with van der Waals surface area (Å²) in [5.41, 5.74) is 5.18. The Kier molecular flexibility index (Phi) is 8.07. The number of hydrogen-bond acceptors (Lipinski definition) is 8. The summed E-state index contributed by atoms with van der Waals surface area (Å²) in [7, 11) is 0. The molecule has 0 aliphatic carbocycles. The molecular formula is C37H42F2N6O3. The van der Waals surface area contributed by atoms with Gasteiger partial charge in [-0.15, -0.1) is 0 Å². The number of ether oxygens (including phenoxy) is 2. The third-order valence-corrected chi connectivity index (χ3v) is 11.0. The zero-order valence-electron chi connectivity index (χ0n) is 27.5. The van der Waals surface area contributed by atoms with Crippen LogP contribution in [0.25, 0.3) is 6.08 Å². The van der Waals surface area contributed by atoms with Gasteiger partial charge in [0.2, 0.25) is 0 Å². The van der Waals surface area contributed by atoms with Crippen LogP contribution in [0, 0.1) is 6.92 Å². The Hall–Kier alpha value is -4.09. The molecule has 5 aliphatic heterocycles. The minimum absolute atomic E-state index is 0.0676. The fraction of sp³-hybridized carbons (Fsp3) is 0.486. The lowest BCUT2D eigenvalue weighted by Gasteiger charge is -2.55. The Morgan fingerprint density at radius 2 is 1.83 bits per heavy atom. The second-order valence-electron chi connectivity index (χ2n) is 13.7. The van der Waals surface area contributed by atoms with Crippen molar-refractivity contribution in [3.8, 4) is 0 Å². The lowest BCUT2D eigenvalue weighted by molar-refractivity contribution is -0.0851. The number of alkyl halides is 2. The van der Waals surface area contributed by atoms with Crippen molar-refractivity contribution in [2.45, 2.75) is 69.9 Å². The van der Waals surface area contributed by atoms with Gasteiger partial charge in [-0.3, -0.25) is 9.88 Å². The van der Waals surface area contributed by atoms with Gasteiger partial charge in [0.05, 0.1) is 23.1 Å². The number of amides is 1. The highest BCUT2D eigenvalue weighted by Crippen LogP contribution is 2.50. The number of fused-ring (bicyclic) bond motifs is 5. The van der Waals surface area contributed by atoms with E-state index in [1.54, 1.807) is 4.90 Å². The average molecular weight is 657 g/mol. The van der Waals surface area contributed by atoms with Crippen LogP contribution in [0.2, 0.25) is 0 Å². The molecule has 1 spiro atoms. The van der Waals surface area contributed by atoms with Crippen molar-refractivity contribution < 1.29 is 23.0 Å². The first kappa shape index (κ1) is 31.2. The fourth-order valence-electron chi connectivity index (χ4n) is 8.50. The van der Waals surface area contributed by atoms with Gasteiger partial charge in [0.1, 0.15) is 18.1 Å². The molecule has 3 saturated heterocycles. The van der Waals surface area contributed by atoms with Crippen molar-refractivity contribution in [3.63, 3.8) is 0 Å². The summed E-state index contributed by atoms with van der Waals surface area (Å²) < 4.78 is 41.3. The van der Waals surface area contributed by atoms with E-state index >= 15 is 0 Å². The lowest BCUT2D eigenvalue weighted by Crippen LogP contribution is -2.69. The van der Waals surface area contributed by atoms with Crippen molar-refractivity contribution in [1.82, 2.24) is 19.8 Å². The van der Waals surface area contributed by atoms with Gasteiger partial charge in [0, 0.05) is 81.3 Å². The zero-order valence-corrected chi connectivity index (χ0v) is 27.5. The van der Waals surface area contributed by atoms with E-state index < -0.39 is 12.0 Å². The molecule has 7 heterocycles. The van der Waals surface area contributed by atoms with Crippen LogP contribution in [0.1, 0.15) is 72.4 Å². The molecule has 5 aliphatic rings. The maximum atomic E-state index is 14.6. The molecule has 3 aromatic rings. The molecule has 8 rings (SSSR count). The monoisotopic (exact) mass is 656 g/mol. The second kappa shape index (κ2) is 12.4. The third kappa shape index (κ3) is 5.41. The van der Waals surface area contributed by atoms with Crippen molar-refractivity contribution >= 4 is 23.7 Å². The number of aromatic nitrogens is 2. The van der Waals surface area contributed by atoms with Crippen LogP contribution in [0.4, 0.5) is 25.1 Å². The summed E-state index contributed by atoms with van der Waals surface area (Å²) in [6.45, 7) is 9.22. The maximum Gasteiger partial charge on any atom is 0.410 e. The molecule has 0 bridgehead atoms. The Bertz CT molecular complexity index is 1700. The van der Waals surface area contributed by atoms with Crippen LogP contribution in [0.5, 0.6) is 0 Å². The van der Waals surface area contributed by atoms with Gasteiger partial charge < -0.3 is 24.2 Å². The van der Waals surface area contributed by atoms with Crippen molar-refractivity contribution in [3.05, 3.63) is 88.4 Å². The van der Waals surface area contributed by atoms with E-state index in [2.05, 4.69) is 38.5 Å². The summed E-state index contributed by atoms with van der Waals surface area (Å²) in [6.07, 6.45) is 4.95. The topological polar surface area (TPSA) is 74.3 Å². The minimum atomic E-state index is -2.68. The van der Waals surface area contributed by atoms with Crippen LogP contribution < -0.4 is 9.80 Å². The Balaban J connectivity index is 0.950. The lowest BCUT2D eigenvalue weighted by atomic mass is 9.82. The highest BCUT2D eigenvalue weighted by Gasteiger charge is 2.48. The van der Waals surface area contributed by atoms with Gasteiger partial charge in [-0.1, -0.05) is 42.5 Å². The molecule has 0 unspecified atom stereocenters. The van der Waals surface area contributed by atoms with Crippen molar-refractivity contribution in [2.75, 3.05) is 55.6 Å². The van der Waals surface area contributed by atoms with E-state index in [0.29, 0.717) is 37.6 Å². The summed E-state index contributed by atoms with van der Waals surface area (Å²) in [5.74, 6) is 0.605. The number of rotatable bonds is 5. The number of hydrogen-bond donors (Lipinski definition) is 0. The molecule has 11 heteroatoms. The summed E-state index contributed by atoms with van der Waals surface area (Å²) >= 11 is 0. The normalized spacial score (nSPS) is 24.6. The van der Waals surface area contributed by atoms with E-state index in [0.717, 1.165) is 55.8 Å². The predicted octanol–water partition coefficient (Wildman–Crippen LogP) is 6.24. The van der Waals surface area contributed by atoms with Crippen LogP contribution >= 0.6 is 0 Å². The number of nitrogens with zero attached hydrogens (tertiary/aromatic N) is 6. The first-order chi connectivity index (χ1) is 23.3. The standard InChI is InChI=1S/C37H42F2N6O3/c1-24-11-14-40-33-25(2)48-37(32(24)33)12-15-43(16-13-37)31-21-29-27(34(41-31)35(38)39)9-6-10-28-30(22-45(28)29)42-17-19-44(20-18-42)36(46)47-23-26-7-4-3-5-8-26/h3-9,11,14,21,25,28,30,35H,10,12-13,15-20,22-23H2,1-2H3/t25-,28+,30-/m1/s1. The molecule has 0 saturated carbocycles. The Morgan fingerprint density at radius 1 is 1.06 bits per heavy atom. The number of carbonyl (C=O) groups excluding carboxylic acids is 1. The highest BCUT2D eigenvalue weighted by molar-refractivity contribution is 5.76. The highest BCUT2D eigenvalue weighted by atomic mass is 19.3. The molecular weight excluding hydrogens is 614 g/mol. The quantitative estimate of drug-likeness (QED) is 0.320. The molecule has 2 aromatic heterocycles. The van der Waals surface area contributed by atoms with Gasteiger partial charge in [0.15, 0.2) is 0 Å². The van der Waals surface area contributed by atoms with Crippen LogP contribution in [-0.2, 0) is 21.7 Å². The van der Waals surface area contributed by atoms with Gasteiger partial charge in [0.25, 0.3) is 6.43 Å². The maximum absolute atomic E-state index is 14.6. The summed E-state index contributed by atoms with van der Waals surface area (Å²) in [6, 6.07) is 14.2. The molecule has 9 nitrogen and oxygen atoms in total. The number of carbonyl (C=O) groups is 1. The molecule has 1 aromatic carbocycles. The smallest absolute Gasteiger partial charge is 0.410 e. The van der Waals surface area contributed by atoms with Crippen molar-refractivity contribution in [1.29, 1.82) is 0 Å². The molecule has 1 amide bonds. The SMILES string of the molecule is Cc1ccnc2c1C1(CCN(c3cc4c(c(C(F)F)n3)C=CC[C@H]3[C@H](N5CCN(C(=O)OCc6ccccc6)CC5)CN43)CC1)O[C@@H]2C. The Morgan fingerprint density at radius 3 is 2.58 bits per heavy atom. The number of halogens is 2. The van der Waals surface area contributed by atoms with E-state index in [-0.39, 0.29) is 36.6 Å². The molecule has 48 heavy (non-hydrogen) atoms. The van der Waals surface area contributed by atoms with Gasteiger partial charge in [-0.05, 0) is 50.3 Å². The number of pyridine rings is 2. The molecule has 252 valence electrons. The van der Waals surface area contributed by atoms with Crippen LogP contribution in [0.3, 0.4) is 0 Å². The van der Waals surface area contributed by atoms with Crippen molar-refractivity contribution in [2.24, 2.45) is 0 Å². The Labute approximate surface area is 280 Å². The van der Waals surface area contributed by atoms with Gasteiger partial charge >= 0.3 is 6.09 Å². The van der Waals surface area contributed by atoms with E-state index in [1.165, 1.54) is 11.1 Å². The number of benzene rings is 1. The van der Waals surface area contributed by atoms with E-state index in [9.17, 15) is 13.6 Å². The third-order valence-electron chi connectivity index (χ3n) is 11.0. The largest absolute Gasteiger partial charge is 0.445 e. The van der Waals surface area contributed by atoms with E-state index in [4.69, 9.17) is 9.47 Å². The molecule has 3 fully saturated rings. The number of aryl methyl sites for hydroxylation is 1. The summed E-state index contributed by atoms with van der Waals surface area (Å²) in [4.78, 5) is 30.6. The first-order valence-electron chi connectivity index (χ1n) is 17.2. The minimum Gasteiger partial charge on any atom is -0.445 e. The summed E-state index contributed by atoms with van der Waals surface area (Å²) in [5, 5.41) is 0. The molecule has 0 radical (unpaired) electrons. The average Bonchev–Trinajstić information content (AvgIpc) is 3.28. The zero-order chi connectivity index (χ0) is 33.0. The van der Waals surface area contributed by atoms with Gasteiger partial charge in [-0.25, -0.2) is 18.6 Å². The number of anilines is 2. The van der Waals surface area contributed by atoms with Gasteiger partial charge in [-0.2, -0.15) is 0 Å². The molecule has 0 N–H and O–H groups in total. The fourth-order valence-corrected chi connectivity index (χ4v) is 8.50. The first-order valence-corrected chi connectivity index (χ1v) is 17.2. The second-order valence-corrected chi connectivity index (χ2v) is 13.7. The number of piperidine rings is 1. The molecule has 3 atom stereocenters. The predicted molar refractivity (Wildman–Crippen MR) is 179 cm³/mol. The number of piperazine rings is 1. The van der Waals surface area contributed by atoms with Crippen LogP contribution in [-0.4, -0.2) is 83.8 Å².